The van der Waals surface area contributed by atoms with Crippen LogP contribution in [0.15, 0.2) is 30.3 Å². The Hall–Kier alpha value is -1.11. The molecule has 74 valence electrons. The molecule has 1 heteroatoms. The van der Waals surface area contributed by atoms with E-state index in [-0.39, 0.29) is 5.92 Å². The Balaban J connectivity index is 2.03. The summed E-state index contributed by atoms with van der Waals surface area (Å²) in [4.78, 5) is 11.7. The maximum atomic E-state index is 11.7. The summed E-state index contributed by atoms with van der Waals surface area (Å²) >= 11 is 0. The molecule has 0 aliphatic heterocycles. The van der Waals surface area contributed by atoms with Crippen LogP contribution in [0.2, 0.25) is 0 Å². The molecule has 0 bridgehead atoms. The van der Waals surface area contributed by atoms with Gasteiger partial charge >= 0.3 is 0 Å². The Morgan fingerprint density at radius 1 is 1.29 bits per heavy atom. The fourth-order valence-corrected chi connectivity index (χ4v) is 2.01. The van der Waals surface area contributed by atoms with Crippen molar-refractivity contribution in [3.05, 3.63) is 35.9 Å². The fraction of sp³-hybridized carbons (Fsp3) is 0.462. The normalized spacial score (nSPS) is 25.1. The summed E-state index contributed by atoms with van der Waals surface area (Å²) in [6.45, 7) is 3.98. The van der Waals surface area contributed by atoms with Gasteiger partial charge in [-0.1, -0.05) is 44.2 Å². The number of Topliss-reactive ketones (excluding diaryl/α,β-unsaturated/α-hetero) is 1. The summed E-state index contributed by atoms with van der Waals surface area (Å²) in [5.41, 5.74) is 1.33. The second-order valence-corrected chi connectivity index (χ2v) is 4.42. The molecule has 0 N–H and O–H groups in total. The molecule has 0 spiro atoms. The van der Waals surface area contributed by atoms with Gasteiger partial charge in [-0.25, -0.2) is 0 Å². The van der Waals surface area contributed by atoms with Crippen LogP contribution in [0.1, 0.15) is 31.7 Å². The molecule has 1 fully saturated rings. The zero-order chi connectivity index (χ0) is 10.1. The molecule has 1 saturated carbocycles. The lowest BCUT2D eigenvalue weighted by atomic mass is 10.0. The van der Waals surface area contributed by atoms with E-state index in [0.717, 1.165) is 6.42 Å². The van der Waals surface area contributed by atoms with Crippen LogP contribution in [0.25, 0.3) is 0 Å². The van der Waals surface area contributed by atoms with Crippen molar-refractivity contribution in [2.45, 2.75) is 26.2 Å². The van der Waals surface area contributed by atoms with E-state index in [1.807, 2.05) is 32.0 Å². The van der Waals surface area contributed by atoms with Crippen LogP contribution in [0, 0.1) is 11.8 Å². The first-order valence-electron chi connectivity index (χ1n) is 5.29. The lowest BCUT2D eigenvalue weighted by molar-refractivity contribution is -0.123. The van der Waals surface area contributed by atoms with E-state index in [1.165, 1.54) is 5.56 Å². The molecular formula is C13H16O. The zero-order valence-corrected chi connectivity index (χ0v) is 8.73. The maximum Gasteiger partial charge on any atom is 0.139 e. The van der Waals surface area contributed by atoms with E-state index in [0.29, 0.717) is 17.6 Å². The van der Waals surface area contributed by atoms with Crippen molar-refractivity contribution in [3.63, 3.8) is 0 Å². The van der Waals surface area contributed by atoms with Gasteiger partial charge in [0.15, 0.2) is 0 Å². The summed E-state index contributed by atoms with van der Waals surface area (Å²) in [6.07, 6.45) is 1.06. The Morgan fingerprint density at radius 2 is 1.93 bits per heavy atom. The summed E-state index contributed by atoms with van der Waals surface area (Å²) in [5.74, 6) is 1.43. The topological polar surface area (TPSA) is 17.1 Å². The van der Waals surface area contributed by atoms with Gasteiger partial charge in [-0.3, -0.25) is 4.79 Å². The maximum absolute atomic E-state index is 11.7. The standard InChI is InChI=1S/C13H16O/c1-9(2)13(14)12-8-11(12)10-6-4-3-5-7-10/h3-7,9,11-12H,8H2,1-2H3/t11-,12+/m1/s1. The summed E-state index contributed by atoms with van der Waals surface area (Å²) in [7, 11) is 0. The summed E-state index contributed by atoms with van der Waals surface area (Å²) in [5, 5.41) is 0. The first kappa shape index (κ1) is 9.45. The van der Waals surface area contributed by atoms with Gasteiger partial charge in [0, 0.05) is 11.8 Å². The lowest BCUT2D eigenvalue weighted by Crippen LogP contribution is -2.09. The average molecular weight is 188 g/mol. The number of rotatable bonds is 3. The largest absolute Gasteiger partial charge is 0.299 e. The predicted octanol–water partition coefficient (Wildman–Crippen LogP) is 3.02. The van der Waals surface area contributed by atoms with E-state index in [4.69, 9.17) is 0 Å². The SMILES string of the molecule is CC(C)C(=O)[C@H]1C[C@@H]1c1ccccc1. The van der Waals surface area contributed by atoms with E-state index in [2.05, 4.69) is 12.1 Å². The van der Waals surface area contributed by atoms with Crippen molar-refractivity contribution in [3.8, 4) is 0 Å². The van der Waals surface area contributed by atoms with Gasteiger partial charge in [-0.05, 0) is 17.9 Å². The molecule has 1 aliphatic rings. The number of hydrogen-bond donors (Lipinski definition) is 0. The third kappa shape index (κ3) is 1.72. The van der Waals surface area contributed by atoms with Gasteiger partial charge in [0.1, 0.15) is 5.78 Å². The Bertz CT molecular complexity index is 326. The highest BCUT2D eigenvalue weighted by molar-refractivity contribution is 5.86. The third-order valence-corrected chi connectivity index (χ3v) is 2.95. The van der Waals surface area contributed by atoms with Crippen LogP contribution in [-0.4, -0.2) is 5.78 Å². The highest BCUT2D eigenvalue weighted by atomic mass is 16.1. The lowest BCUT2D eigenvalue weighted by Gasteiger charge is -2.02. The van der Waals surface area contributed by atoms with Crippen molar-refractivity contribution in [1.82, 2.24) is 0 Å². The molecule has 1 aromatic carbocycles. The first-order chi connectivity index (χ1) is 6.70. The minimum Gasteiger partial charge on any atom is -0.299 e. The fourth-order valence-electron chi connectivity index (χ4n) is 2.01. The Labute approximate surface area is 85.1 Å². The molecule has 0 amide bonds. The number of carbonyl (C=O) groups excluding carboxylic acids is 1. The Morgan fingerprint density at radius 3 is 2.50 bits per heavy atom. The predicted molar refractivity (Wildman–Crippen MR) is 57.1 cm³/mol. The smallest absolute Gasteiger partial charge is 0.139 e. The van der Waals surface area contributed by atoms with Crippen LogP contribution in [0.5, 0.6) is 0 Å². The number of carbonyl (C=O) groups is 1. The summed E-state index contributed by atoms with van der Waals surface area (Å²) in [6, 6.07) is 10.4. The van der Waals surface area contributed by atoms with Gasteiger partial charge in [0.2, 0.25) is 0 Å². The Kier molecular flexibility index (Phi) is 2.40. The van der Waals surface area contributed by atoms with Crippen molar-refractivity contribution in [2.75, 3.05) is 0 Å². The van der Waals surface area contributed by atoms with Gasteiger partial charge in [0.05, 0.1) is 0 Å². The van der Waals surface area contributed by atoms with E-state index in [1.54, 1.807) is 0 Å². The molecule has 0 saturated heterocycles. The van der Waals surface area contributed by atoms with Gasteiger partial charge in [0.25, 0.3) is 0 Å². The van der Waals surface area contributed by atoms with E-state index < -0.39 is 0 Å². The minimum atomic E-state index is 0.189. The molecule has 0 unspecified atom stereocenters. The monoisotopic (exact) mass is 188 g/mol. The molecule has 2 rings (SSSR count). The molecule has 1 aliphatic carbocycles. The van der Waals surface area contributed by atoms with Crippen molar-refractivity contribution in [2.24, 2.45) is 11.8 Å². The molecule has 0 heterocycles. The van der Waals surface area contributed by atoms with Gasteiger partial charge in [-0.2, -0.15) is 0 Å². The van der Waals surface area contributed by atoms with E-state index >= 15 is 0 Å². The van der Waals surface area contributed by atoms with Crippen molar-refractivity contribution in [1.29, 1.82) is 0 Å². The van der Waals surface area contributed by atoms with Crippen LogP contribution < -0.4 is 0 Å². The van der Waals surface area contributed by atoms with Gasteiger partial charge < -0.3 is 0 Å². The molecule has 14 heavy (non-hydrogen) atoms. The van der Waals surface area contributed by atoms with E-state index in [9.17, 15) is 4.79 Å². The van der Waals surface area contributed by atoms with Gasteiger partial charge in [-0.15, -0.1) is 0 Å². The molecule has 2 atom stereocenters. The van der Waals surface area contributed by atoms with Crippen LogP contribution in [0.4, 0.5) is 0 Å². The first-order valence-corrected chi connectivity index (χ1v) is 5.29. The highest BCUT2D eigenvalue weighted by Gasteiger charge is 2.43. The van der Waals surface area contributed by atoms with Crippen molar-refractivity contribution >= 4 is 5.78 Å². The van der Waals surface area contributed by atoms with Crippen LogP contribution in [-0.2, 0) is 4.79 Å². The second-order valence-electron chi connectivity index (χ2n) is 4.42. The molecule has 0 aromatic heterocycles. The number of ketones is 1. The van der Waals surface area contributed by atoms with Crippen LogP contribution >= 0.6 is 0 Å². The summed E-state index contributed by atoms with van der Waals surface area (Å²) < 4.78 is 0. The molecule has 1 aromatic rings. The number of hydrogen-bond acceptors (Lipinski definition) is 1. The number of benzene rings is 1. The molecule has 0 radical (unpaired) electrons. The van der Waals surface area contributed by atoms with Crippen molar-refractivity contribution < 1.29 is 4.79 Å². The molecule has 1 nitrogen and oxygen atoms in total. The van der Waals surface area contributed by atoms with Crippen LogP contribution in [0.3, 0.4) is 0 Å². The molecular weight excluding hydrogens is 172 g/mol. The quantitative estimate of drug-likeness (QED) is 0.712. The second kappa shape index (κ2) is 3.56. The minimum absolute atomic E-state index is 0.189. The average Bonchev–Trinajstić information content (AvgIpc) is 2.97. The highest BCUT2D eigenvalue weighted by Crippen LogP contribution is 2.48. The zero-order valence-electron chi connectivity index (χ0n) is 8.73. The third-order valence-electron chi connectivity index (χ3n) is 2.95.